The van der Waals surface area contributed by atoms with Crippen LogP contribution in [-0.4, -0.2) is 15.8 Å². The molecule has 2 aromatic heterocycles. The van der Waals surface area contributed by atoms with Gasteiger partial charge in [0, 0.05) is 55.4 Å². The van der Waals surface area contributed by atoms with Gasteiger partial charge in [0.25, 0.3) is 6.71 Å². The van der Waals surface area contributed by atoms with Gasteiger partial charge in [-0.25, -0.2) is 0 Å². The Bertz CT molecular complexity index is 5790. The first-order chi connectivity index (χ1) is 50.3. The number of para-hydroxylation sites is 4. The molecule has 0 saturated carbocycles. The molecular formula is C84H63BN4. The van der Waals surface area contributed by atoms with Gasteiger partial charge in [-0.1, -0.05) is 251 Å². The molecule has 0 amide bonds. The summed E-state index contributed by atoms with van der Waals surface area (Å²) >= 11 is 0. The van der Waals surface area contributed by atoms with E-state index in [4.69, 9.17) is 5.48 Å². The minimum Gasteiger partial charge on any atom is -0.310 e. The summed E-state index contributed by atoms with van der Waals surface area (Å²) in [5.74, 6) is 0. The SMILES string of the molecule is [2H]c1c([2H])c([2H])c2c(c1[2H])c1c([2H])c([2H])c([2H])c([2H])c1n2-c1ccc2c(c1C)N(c1cc(-c3ccccc3)ccc1-c1ccccc1)c1cc(C(C)(C)C)cc3c1B2c1ccc(-n2c4c([2H])c([2H])c([2H])c([2H])c4c4c([2H])c([2H])c([2H])c([2H])c42)c(C)c1N3c1cc(-c2ccccc2)ccc1-c1ccccc1. The van der Waals surface area contributed by atoms with E-state index in [2.05, 4.69) is 128 Å². The van der Waals surface area contributed by atoms with E-state index in [0.29, 0.717) is 33.9 Å². The van der Waals surface area contributed by atoms with Crippen molar-refractivity contribution in [2.75, 3.05) is 9.80 Å². The lowest BCUT2D eigenvalue weighted by Gasteiger charge is -2.47. The number of hydrogen-bond donors (Lipinski definition) is 0. The van der Waals surface area contributed by atoms with Gasteiger partial charge in [0.2, 0.25) is 0 Å². The molecule has 15 aromatic rings. The van der Waals surface area contributed by atoms with Crippen molar-refractivity contribution in [3.05, 3.63) is 307 Å². The van der Waals surface area contributed by atoms with E-state index < -0.39 is 109 Å². The fourth-order valence-corrected chi connectivity index (χ4v) is 14.0. The molecule has 4 heterocycles. The maximum Gasteiger partial charge on any atom is 0.252 e. The van der Waals surface area contributed by atoms with Crippen LogP contribution in [0.1, 0.15) is 59.4 Å². The van der Waals surface area contributed by atoms with Crippen molar-refractivity contribution in [3.8, 4) is 55.9 Å². The number of benzene rings is 13. The molecule has 0 fully saturated rings. The van der Waals surface area contributed by atoms with Gasteiger partial charge in [-0.15, -0.1) is 0 Å². The van der Waals surface area contributed by atoms with Crippen LogP contribution < -0.4 is 26.2 Å². The maximum atomic E-state index is 9.78. The van der Waals surface area contributed by atoms with Crippen LogP contribution in [0.25, 0.3) is 99.5 Å². The smallest absolute Gasteiger partial charge is 0.252 e. The predicted molar refractivity (Wildman–Crippen MR) is 379 cm³/mol. The first-order valence-electron chi connectivity index (χ1n) is 37.9. The lowest BCUT2D eigenvalue weighted by atomic mass is 9.33. The maximum absolute atomic E-state index is 9.78. The van der Waals surface area contributed by atoms with Crippen molar-refractivity contribution in [3.63, 3.8) is 0 Å². The van der Waals surface area contributed by atoms with Crippen molar-refractivity contribution in [2.24, 2.45) is 0 Å². The molecule has 2 aliphatic heterocycles. The highest BCUT2D eigenvalue weighted by molar-refractivity contribution is 7.00. The van der Waals surface area contributed by atoms with Crippen LogP contribution in [0.3, 0.4) is 0 Å². The third kappa shape index (κ3) is 8.15. The molecule has 5 heteroatoms. The first-order valence-corrected chi connectivity index (χ1v) is 29.9. The summed E-state index contributed by atoms with van der Waals surface area (Å²) in [7, 11) is 0. The molecule has 0 radical (unpaired) electrons. The number of aromatic nitrogens is 2. The largest absolute Gasteiger partial charge is 0.310 e. The second-order valence-electron chi connectivity index (χ2n) is 24.1. The van der Waals surface area contributed by atoms with Gasteiger partial charge < -0.3 is 18.9 Å². The molecule has 422 valence electrons. The van der Waals surface area contributed by atoms with Crippen LogP contribution in [0, 0.1) is 13.8 Å². The van der Waals surface area contributed by atoms with Crippen LogP contribution in [-0.2, 0) is 5.41 Å². The van der Waals surface area contributed by atoms with E-state index in [1.807, 2.05) is 111 Å². The Morgan fingerprint density at radius 1 is 0.326 bits per heavy atom. The molecule has 0 spiro atoms. The molecule has 0 aliphatic carbocycles. The third-order valence-electron chi connectivity index (χ3n) is 18.1. The zero-order chi connectivity index (χ0) is 73.6. The van der Waals surface area contributed by atoms with Gasteiger partial charge in [0.15, 0.2) is 0 Å². The summed E-state index contributed by atoms with van der Waals surface area (Å²) in [6, 6.07) is 57.8. The summed E-state index contributed by atoms with van der Waals surface area (Å²) in [5.41, 5.74) is 16.2. The van der Waals surface area contributed by atoms with Gasteiger partial charge >= 0.3 is 0 Å². The average Bonchev–Trinajstić information content (AvgIpc) is 1.44. The van der Waals surface area contributed by atoms with Crippen molar-refractivity contribution >= 4 is 101 Å². The minimum atomic E-state index is -0.711. The Morgan fingerprint density at radius 3 is 1.01 bits per heavy atom. The summed E-state index contributed by atoms with van der Waals surface area (Å²) in [6.07, 6.45) is 0. The number of anilines is 6. The van der Waals surface area contributed by atoms with E-state index >= 15 is 0 Å². The molecule has 0 atom stereocenters. The van der Waals surface area contributed by atoms with Crippen LogP contribution in [0.5, 0.6) is 0 Å². The predicted octanol–water partition coefficient (Wildman–Crippen LogP) is 20.5. The first kappa shape index (κ1) is 38.3. The lowest BCUT2D eigenvalue weighted by Crippen LogP contribution is -2.62. The van der Waals surface area contributed by atoms with Crippen LogP contribution >= 0.6 is 0 Å². The van der Waals surface area contributed by atoms with E-state index in [1.54, 1.807) is 9.13 Å². The van der Waals surface area contributed by atoms with Crippen molar-refractivity contribution in [1.82, 2.24) is 9.13 Å². The zero-order valence-electron chi connectivity index (χ0n) is 65.3. The van der Waals surface area contributed by atoms with Gasteiger partial charge in [-0.3, -0.25) is 0 Å². The molecule has 4 nitrogen and oxygen atoms in total. The van der Waals surface area contributed by atoms with Crippen LogP contribution in [0.15, 0.2) is 291 Å². The van der Waals surface area contributed by atoms with E-state index in [9.17, 15) is 16.4 Å². The molecular weight excluding hydrogens is 1080 g/mol. The monoisotopic (exact) mass is 1150 g/mol. The topological polar surface area (TPSA) is 16.3 Å². The van der Waals surface area contributed by atoms with Gasteiger partial charge in [-0.2, -0.15) is 0 Å². The summed E-state index contributed by atoms with van der Waals surface area (Å²) < 4.78 is 153. The molecule has 89 heavy (non-hydrogen) atoms. The van der Waals surface area contributed by atoms with Crippen LogP contribution in [0.4, 0.5) is 34.1 Å². The number of rotatable bonds is 8. The molecule has 0 unspecified atom stereocenters. The second kappa shape index (κ2) is 20.4. The number of fused-ring (bicyclic) bond motifs is 10. The molecule has 0 bridgehead atoms. The highest BCUT2D eigenvalue weighted by atomic mass is 15.2. The lowest BCUT2D eigenvalue weighted by molar-refractivity contribution is 0.590. The Balaban J connectivity index is 1.09. The summed E-state index contributed by atoms with van der Waals surface area (Å²) in [4.78, 5) is 4.63. The second-order valence-corrected chi connectivity index (χ2v) is 24.1. The van der Waals surface area contributed by atoms with Gasteiger partial charge in [0.1, 0.15) is 0 Å². The Morgan fingerprint density at radius 2 is 0.663 bits per heavy atom. The fourth-order valence-electron chi connectivity index (χ4n) is 14.0. The Hall–Kier alpha value is -10.9. The molecule has 17 rings (SSSR count). The van der Waals surface area contributed by atoms with Gasteiger partial charge in [-0.05, 0) is 146 Å². The molecule has 0 N–H and O–H groups in total. The zero-order valence-corrected chi connectivity index (χ0v) is 49.3. The average molecular weight is 1160 g/mol. The third-order valence-corrected chi connectivity index (χ3v) is 18.1. The van der Waals surface area contributed by atoms with Crippen molar-refractivity contribution in [2.45, 2.75) is 40.0 Å². The van der Waals surface area contributed by atoms with E-state index in [-0.39, 0.29) is 43.6 Å². The molecule has 13 aromatic carbocycles. The molecule has 0 saturated heterocycles. The standard InChI is InChI=1S/C84H63BN4/c1-54-71(86-73-38-22-18-34-65(73)66-35-19-23-39-74(66)86)48-46-69-82(54)88(77-50-60(56-26-10-6-11-27-56)42-44-63(77)58-30-14-8-15-31-58)79-52-62(84(3,4)5)53-80-81(79)85(69)70-47-49-72(87-75-40-24-20-36-67(75)68-37-21-25-41-76(68)87)55(2)83(70)89(80)78-51-61(57-28-12-7-13-29-57)43-45-64(78)59-32-16-9-17-33-59/h6-53H,1-5H3/i18D,19D,20D,21D,22D,23D,24D,25D,34D,35D,36D,37D,38D,39D,40D,41D. The fraction of sp³-hybridized carbons (Fsp3) is 0.0714. The highest BCUT2D eigenvalue weighted by Gasteiger charge is 2.47. The summed E-state index contributed by atoms with van der Waals surface area (Å²) in [5, 5.41) is -0.234. The normalized spacial score (nSPS) is 15.2. The quantitative estimate of drug-likeness (QED) is 0.141. The Labute approximate surface area is 543 Å². The number of nitrogens with zero attached hydrogens (tertiary/aromatic N) is 4. The van der Waals surface area contributed by atoms with E-state index in [1.165, 1.54) is 0 Å². The minimum absolute atomic E-state index is 0.0318. The Kier molecular flexibility index (Phi) is 8.77. The van der Waals surface area contributed by atoms with Crippen LogP contribution in [0.2, 0.25) is 0 Å². The highest BCUT2D eigenvalue weighted by Crippen LogP contribution is 2.53. The molecule has 2 aliphatic rings. The summed E-state index contributed by atoms with van der Waals surface area (Å²) in [6.45, 7) is 9.71. The van der Waals surface area contributed by atoms with Crippen molar-refractivity contribution in [1.29, 1.82) is 0 Å². The van der Waals surface area contributed by atoms with Gasteiger partial charge in [0.05, 0.1) is 66.7 Å². The number of hydrogen-bond acceptors (Lipinski definition) is 2. The van der Waals surface area contributed by atoms with E-state index in [0.717, 1.165) is 89.2 Å². The van der Waals surface area contributed by atoms with Crippen molar-refractivity contribution < 1.29 is 21.9 Å².